The summed E-state index contributed by atoms with van der Waals surface area (Å²) < 4.78 is 7.50. The molecular formula is C15H18N2O3. The van der Waals surface area contributed by atoms with Crippen LogP contribution in [0.3, 0.4) is 0 Å². The summed E-state index contributed by atoms with van der Waals surface area (Å²) in [5, 5.41) is 9.10. The highest BCUT2D eigenvalue weighted by Crippen LogP contribution is 2.22. The summed E-state index contributed by atoms with van der Waals surface area (Å²) >= 11 is 0. The molecule has 1 N–H and O–H groups in total. The highest BCUT2D eigenvalue weighted by molar-refractivity contribution is 5.92. The number of fused-ring (bicyclic) bond motifs is 1. The molecule has 0 radical (unpaired) electrons. The number of benzene rings is 1. The van der Waals surface area contributed by atoms with E-state index in [0.29, 0.717) is 11.5 Å². The van der Waals surface area contributed by atoms with Crippen molar-refractivity contribution in [2.75, 3.05) is 13.2 Å². The summed E-state index contributed by atoms with van der Waals surface area (Å²) in [6, 6.07) is 5.09. The maximum Gasteiger partial charge on any atom is 0.335 e. The van der Waals surface area contributed by atoms with E-state index in [9.17, 15) is 4.79 Å². The lowest BCUT2D eigenvalue weighted by atomic mass is 10.1. The Labute approximate surface area is 117 Å². The molecule has 1 aliphatic rings. The summed E-state index contributed by atoms with van der Waals surface area (Å²) in [5.41, 5.74) is 2.07. The Hall–Kier alpha value is -1.88. The van der Waals surface area contributed by atoms with Gasteiger partial charge in [0.25, 0.3) is 0 Å². The number of carbonyl (C=O) groups is 1. The molecule has 106 valence electrons. The fourth-order valence-electron chi connectivity index (χ4n) is 2.78. The maximum atomic E-state index is 11.1. The number of ether oxygens (including phenoxy) is 1. The molecule has 1 aromatic heterocycles. The van der Waals surface area contributed by atoms with Crippen molar-refractivity contribution in [3.8, 4) is 0 Å². The number of hydrogen-bond acceptors (Lipinski definition) is 3. The van der Waals surface area contributed by atoms with E-state index in [0.717, 1.165) is 49.5 Å². The van der Waals surface area contributed by atoms with Gasteiger partial charge >= 0.3 is 5.97 Å². The molecule has 5 nitrogen and oxygen atoms in total. The third-order valence-electron chi connectivity index (χ3n) is 3.97. The van der Waals surface area contributed by atoms with Gasteiger partial charge in [-0.05, 0) is 43.9 Å². The van der Waals surface area contributed by atoms with E-state index < -0.39 is 5.97 Å². The standard InChI is InChI=1S/C15H18N2O3/c1-10-16-13-3-2-12(15(18)19)8-14(13)17(10)6-4-11-5-7-20-9-11/h2-3,8,11H,4-7,9H2,1H3,(H,18,19). The van der Waals surface area contributed by atoms with Crippen molar-refractivity contribution in [2.45, 2.75) is 26.3 Å². The Morgan fingerprint density at radius 1 is 1.55 bits per heavy atom. The van der Waals surface area contributed by atoms with Crippen LogP contribution in [0.5, 0.6) is 0 Å². The zero-order valence-corrected chi connectivity index (χ0v) is 11.5. The van der Waals surface area contributed by atoms with Crippen LogP contribution in [0, 0.1) is 12.8 Å². The molecule has 1 atom stereocenters. The van der Waals surface area contributed by atoms with Gasteiger partial charge in [0.15, 0.2) is 0 Å². The van der Waals surface area contributed by atoms with E-state index in [1.54, 1.807) is 18.2 Å². The van der Waals surface area contributed by atoms with Gasteiger partial charge < -0.3 is 14.4 Å². The van der Waals surface area contributed by atoms with Crippen LogP contribution < -0.4 is 0 Å². The fraction of sp³-hybridized carbons (Fsp3) is 0.467. The van der Waals surface area contributed by atoms with Crippen LogP contribution in [0.4, 0.5) is 0 Å². The third-order valence-corrected chi connectivity index (χ3v) is 3.97. The average molecular weight is 274 g/mol. The van der Waals surface area contributed by atoms with Crippen molar-refractivity contribution in [1.29, 1.82) is 0 Å². The van der Waals surface area contributed by atoms with Gasteiger partial charge in [-0.3, -0.25) is 0 Å². The normalized spacial score (nSPS) is 18.8. The van der Waals surface area contributed by atoms with Crippen molar-refractivity contribution >= 4 is 17.0 Å². The Morgan fingerprint density at radius 3 is 3.10 bits per heavy atom. The largest absolute Gasteiger partial charge is 0.478 e. The van der Waals surface area contributed by atoms with Gasteiger partial charge in [0.1, 0.15) is 5.82 Å². The molecule has 2 aromatic rings. The maximum absolute atomic E-state index is 11.1. The number of hydrogen-bond donors (Lipinski definition) is 1. The van der Waals surface area contributed by atoms with Crippen molar-refractivity contribution in [1.82, 2.24) is 9.55 Å². The van der Waals surface area contributed by atoms with Gasteiger partial charge in [-0.2, -0.15) is 0 Å². The number of carboxylic acids is 1. The number of rotatable bonds is 4. The van der Waals surface area contributed by atoms with Crippen LogP contribution in [0.2, 0.25) is 0 Å². The van der Waals surface area contributed by atoms with Crippen molar-refractivity contribution < 1.29 is 14.6 Å². The molecule has 5 heteroatoms. The molecule has 1 unspecified atom stereocenters. The van der Waals surface area contributed by atoms with E-state index in [2.05, 4.69) is 9.55 Å². The second-order valence-electron chi connectivity index (χ2n) is 5.34. The highest BCUT2D eigenvalue weighted by atomic mass is 16.5. The second-order valence-corrected chi connectivity index (χ2v) is 5.34. The van der Waals surface area contributed by atoms with Crippen molar-refractivity contribution in [2.24, 2.45) is 5.92 Å². The minimum atomic E-state index is -0.901. The molecule has 0 bridgehead atoms. The van der Waals surface area contributed by atoms with Gasteiger partial charge in [-0.25, -0.2) is 9.78 Å². The first-order chi connectivity index (χ1) is 9.65. The first-order valence-electron chi connectivity index (χ1n) is 6.93. The Balaban J connectivity index is 1.89. The summed E-state index contributed by atoms with van der Waals surface area (Å²) in [6.07, 6.45) is 2.16. The molecular weight excluding hydrogens is 256 g/mol. The minimum Gasteiger partial charge on any atom is -0.478 e. The first kappa shape index (κ1) is 13.1. The van der Waals surface area contributed by atoms with Crippen LogP contribution in [0.15, 0.2) is 18.2 Å². The summed E-state index contributed by atoms with van der Waals surface area (Å²) in [4.78, 5) is 15.6. The molecule has 0 saturated carbocycles. The van der Waals surface area contributed by atoms with Gasteiger partial charge in [-0.1, -0.05) is 0 Å². The number of aromatic carboxylic acids is 1. The summed E-state index contributed by atoms with van der Waals surface area (Å²) in [5.74, 6) is 0.637. The van der Waals surface area contributed by atoms with E-state index in [1.807, 2.05) is 6.92 Å². The van der Waals surface area contributed by atoms with Crippen LogP contribution in [0.1, 0.15) is 29.0 Å². The number of carboxylic acid groups (broad SMARTS) is 1. The second kappa shape index (κ2) is 5.25. The third kappa shape index (κ3) is 2.41. The molecule has 1 aromatic carbocycles. The summed E-state index contributed by atoms with van der Waals surface area (Å²) in [6.45, 7) is 4.52. The van der Waals surface area contributed by atoms with Crippen molar-refractivity contribution in [3.63, 3.8) is 0 Å². The first-order valence-corrected chi connectivity index (χ1v) is 6.93. The zero-order chi connectivity index (χ0) is 14.1. The highest BCUT2D eigenvalue weighted by Gasteiger charge is 2.17. The number of nitrogens with zero attached hydrogens (tertiary/aromatic N) is 2. The Bertz CT molecular complexity index is 642. The monoisotopic (exact) mass is 274 g/mol. The zero-order valence-electron chi connectivity index (χ0n) is 11.5. The van der Waals surface area contributed by atoms with Gasteiger partial charge in [-0.15, -0.1) is 0 Å². The SMILES string of the molecule is Cc1nc2ccc(C(=O)O)cc2n1CCC1CCOC1. The lowest BCUT2D eigenvalue weighted by Gasteiger charge is -2.10. The van der Waals surface area contributed by atoms with Gasteiger partial charge in [0.05, 0.1) is 16.6 Å². The molecule has 20 heavy (non-hydrogen) atoms. The van der Waals surface area contributed by atoms with Crippen molar-refractivity contribution in [3.05, 3.63) is 29.6 Å². The summed E-state index contributed by atoms with van der Waals surface area (Å²) in [7, 11) is 0. The van der Waals surface area contributed by atoms with Crippen LogP contribution in [-0.2, 0) is 11.3 Å². The molecule has 1 aliphatic heterocycles. The predicted molar refractivity (Wildman–Crippen MR) is 75.0 cm³/mol. The lowest BCUT2D eigenvalue weighted by Crippen LogP contribution is -2.08. The van der Waals surface area contributed by atoms with E-state index >= 15 is 0 Å². The predicted octanol–water partition coefficient (Wildman–Crippen LogP) is 2.47. The molecule has 0 aliphatic carbocycles. The molecule has 1 fully saturated rings. The molecule has 1 saturated heterocycles. The number of aromatic nitrogens is 2. The minimum absolute atomic E-state index is 0.308. The smallest absolute Gasteiger partial charge is 0.335 e. The number of aryl methyl sites for hydroxylation is 2. The number of imidazole rings is 1. The Morgan fingerprint density at radius 2 is 2.40 bits per heavy atom. The van der Waals surface area contributed by atoms with Gasteiger partial charge in [0.2, 0.25) is 0 Å². The molecule has 3 rings (SSSR count). The van der Waals surface area contributed by atoms with Crippen LogP contribution in [0.25, 0.3) is 11.0 Å². The van der Waals surface area contributed by atoms with E-state index in [-0.39, 0.29) is 0 Å². The van der Waals surface area contributed by atoms with Gasteiger partial charge in [0, 0.05) is 19.8 Å². The van der Waals surface area contributed by atoms with Crippen LogP contribution >= 0.6 is 0 Å². The molecule has 0 spiro atoms. The average Bonchev–Trinajstić information content (AvgIpc) is 3.02. The topological polar surface area (TPSA) is 64.3 Å². The Kier molecular flexibility index (Phi) is 3.44. The van der Waals surface area contributed by atoms with E-state index in [1.165, 1.54) is 0 Å². The molecule has 0 amide bonds. The molecule has 2 heterocycles. The van der Waals surface area contributed by atoms with Crippen LogP contribution in [-0.4, -0.2) is 33.8 Å². The fourth-order valence-corrected chi connectivity index (χ4v) is 2.78. The quantitative estimate of drug-likeness (QED) is 0.930. The lowest BCUT2D eigenvalue weighted by molar-refractivity contribution is 0.0697. The van der Waals surface area contributed by atoms with E-state index in [4.69, 9.17) is 9.84 Å².